The minimum absolute atomic E-state index is 0. The molecule has 0 saturated heterocycles. The van der Waals surface area contributed by atoms with Crippen molar-refractivity contribution < 1.29 is 4.79 Å². The number of hydrogen-bond donors (Lipinski definition) is 2. The van der Waals surface area contributed by atoms with E-state index in [-0.39, 0.29) is 36.8 Å². The Morgan fingerprint density at radius 2 is 1.85 bits per heavy atom. The van der Waals surface area contributed by atoms with Gasteiger partial charge in [0.2, 0.25) is 0 Å². The summed E-state index contributed by atoms with van der Waals surface area (Å²) in [5, 5.41) is 2.84. The van der Waals surface area contributed by atoms with E-state index in [2.05, 4.69) is 24.2 Å². The van der Waals surface area contributed by atoms with Gasteiger partial charge in [0, 0.05) is 37.4 Å². The Labute approximate surface area is 133 Å². The number of rotatable bonds is 6. The molecule has 0 aliphatic rings. The van der Waals surface area contributed by atoms with Gasteiger partial charge in [-0.05, 0) is 37.6 Å². The maximum absolute atomic E-state index is 11.8. The first-order valence-corrected chi connectivity index (χ1v) is 6.40. The number of benzene rings is 1. The van der Waals surface area contributed by atoms with Gasteiger partial charge >= 0.3 is 0 Å². The first kappa shape index (κ1) is 21.3. The Morgan fingerprint density at radius 3 is 2.30 bits per heavy atom. The largest absolute Gasteiger partial charge is 0.375 e. The van der Waals surface area contributed by atoms with Crippen LogP contribution in [0.25, 0.3) is 0 Å². The third kappa shape index (κ3) is 6.46. The Bertz CT molecular complexity index is 385. The normalized spacial score (nSPS) is 10.8. The monoisotopic (exact) mass is 321 g/mol. The van der Waals surface area contributed by atoms with E-state index in [1.807, 2.05) is 31.2 Å². The van der Waals surface area contributed by atoms with E-state index in [0.717, 1.165) is 18.7 Å². The molecule has 4 nitrogen and oxygen atoms in total. The molecule has 1 aromatic rings. The van der Waals surface area contributed by atoms with Crippen LogP contribution in [0.5, 0.6) is 0 Å². The summed E-state index contributed by atoms with van der Waals surface area (Å²) in [7, 11) is 2.05. The number of carbonyl (C=O) groups is 1. The molecule has 0 bridgehead atoms. The molecule has 6 heteroatoms. The molecule has 0 radical (unpaired) electrons. The van der Waals surface area contributed by atoms with Crippen LogP contribution >= 0.6 is 24.8 Å². The summed E-state index contributed by atoms with van der Waals surface area (Å²) in [6, 6.07) is 7.63. The number of nitrogens with zero attached hydrogens (tertiary/aromatic N) is 1. The lowest BCUT2D eigenvalue weighted by Gasteiger charge is -2.18. The van der Waals surface area contributed by atoms with Gasteiger partial charge in [0.1, 0.15) is 0 Å². The van der Waals surface area contributed by atoms with Crippen molar-refractivity contribution in [2.75, 3.05) is 25.0 Å². The van der Waals surface area contributed by atoms with E-state index in [1.54, 1.807) is 0 Å². The Balaban J connectivity index is 0. The van der Waals surface area contributed by atoms with Crippen molar-refractivity contribution in [2.24, 2.45) is 5.73 Å². The van der Waals surface area contributed by atoms with Crippen molar-refractivity contribution >= 4 is 36.4 Å². The molecule has 3 N–H and O–H groups in total. The van der Waals surface area contributed by atoms with Gasteiger partial charge in [-0.15, -0.1) is 24.8 Å². The van der Waals surface area contributed by atoms with Crippen LogP contribution < -0.4 is 16.0 Å². The van der Waals surface area contributed by atoms with Crippen LogP contribution in [-0.2, 0) is 0 Å². The number of carbonyl (C=O) groups excluding carboxylic acids is 1. The number of amides is 1. The molecule has 20 heavy (non-hydrogen) atoms. The summed E-state index contributed by atoms with van der Waals surface area (Å²) in [5.74, 6) is -0.0716. The minimum Gasteiger partial charge on any atom is -0.375 e. The molecule has 0 unspecified atom stereocenters. The highest BCUT2D eigenvalue weighted by molar-refractivity contribution is 5.94. The van der Waals surface area contributed by atoms with Gasteiger partial charge in [0.15, 0.2) is 0 Å². The SMILES string of the molecule is CCCN(C)c1ccc(C(=O)N[C@@H](C)CN)cc1.Cl.Cl. The van der Waals surface area contributed by atoms with Crippen LogP contribution in [0.3, 0.4) is 0 Å². The van der Waals surface area contributed by atoms with Crippen molar-refractivity contribution in [3.8, 4) is 0 Å². The Hall–Kier alpha value is -0.970. The predicted molar refractivity (Wildman–Crippen MR) is 90.5 cm³/mol. The fourth-order valence-electron chi connectivity index (χ4n) is 1.70. The molecule has 0 saturated carbocycles. The number of halogens is 2. The average Bonchev–Trinajstić information content (AvgIpc) is 2.39. The van der Waals surface area contributed by atoms with Gasteiger partial charge in [-0.1, -0.05) is 6.92 Å². The number of hydrogen-bond acceptors (Lipinski definition) is 3. The fourth-order valence-corrected chi connectivity index (χ4v) is 1.70. The summed E-state index contributed by atoms with van der Waals surface area (Å²) >= 11 is 0. The first-order chi connectivity index (χ1) is 8.58. The second-order valence-electron chi connectivity index (χ2n) is 4.58. The first-order valence-electron chi connectivity index (χ1n) is 6.40. The maximum Gasteiger partial charge on any atom is 0.251 e. The molecule has 0 spiro atoms. The smallest absolute Gasteiger partial charge is 0.251 e. The molecule has 0 fully saturated rings. The van der Waals surface area contributed by atoms with Crippen LogP contribution in [0.4, 0.5) is 5.69 Å². The van der Waals surface area contributed by atoms with E-state index < -0.39 is 0 Å². The molecule has 116 valence electrons. The topological polar surface area (TPSA) is 58.4 Å². The van der Waals surface area contributed by atoms with Crippen LogP contribution in [0.2, 0.25) is 0 Å². The minimum atomic E-state index is -0.0716. The lowest BCUT2D eigenvalue weighted by Crippen LogP contribution is -2.37. The number of nitrogens with one attached hydrogen (secondary N) is 1. The predicted octanol–water partition coefficient (Wildman–Crippen LogP) is 2.45. The van der Waals surface area contributed by atoms with Crippen molar-refractivity contribution in [1.82, 2.24) is 5.32 Å². The molecule has 1 rings (SSSR count). The standard InChI is InChI=1S/C14H23N3O.2ClH/c1-4-9-17(3)13-7-5-12(6-8-13)14(18)16-11(2)10-15;;/h5-8,11H,4,9-10,15H2,1-3H3,(H,16,18);2*1H/t11-;;/m0../s1. The van der Waals surface area contributed by atoms with E-state index in [1.165, 1.54) is 0 Å². The number of nitrogens with two attached hydrogens (primary N) is 1. The third-order valence-corrected chi connectivity index (χ3v) is 2.86. The van der Waals surface area contributed by atoms with Gasteiger partial charge < -0.3 is 16.0 Å². The van der Waals surface area contributed by atoms with Gasteiger partial charge in [0.25, 0.3) is 5.91 Å². The Kier molecular flexibility index (Phi) is 11.5. The summed E-state index contributed by atoms with van der Waals surface area (Å²) in [6.07, 6.45) is 1.10. The van der Waals surface area contributed by atoms with Gasteiger partial charge in [-0.2, -0.15) is 0 Å². The average molecular weight is 322 g/mol. The zero-order valence-corrected chi connectivity index (χ0v) is 13.9. The van der Waals surface area contributed by atoms with Crippen LogP contribution in [0.15, 0.2) is 24.3 Å². The molecule has 0 aliphatic carbocycles. The summed E-state index contributed by atoms with van der Waals surface area (Å²) in [5.41, 5.74) is 7.27. The van der Waals surface area contributed by atoms with Gasteiger partial charge in [-0.3, -0.25) is 4.79 Å². The lowest BCUT2D eigenvalue weighted by atomic mass is 10.1. The molecule has 1 aromatic carbocycles. The van der Waals surface area contributed by atoms with E-state index in [4.69, 9.17) is 5.73 Å². The highest BCUT2D eigenvalue weighted by atomic mass is 35.5. The number of anilines is 1. The second kappa shape index (κ2) is 10.8. The lowest BCUT2D eigenvalue weighted by molar-refractivity contribution is 0.0941. The fraction of sp³-hybridized carbons (Fsp3) is 0.500. The summed E-state index contributed by atoms with van der Waals surface area (Å²) in [4.78, 5) is 14.0. The molecule has 1 amide bonds. The summed E-state index contributed by atoms with van der Waals surface area (Å²) in [6.45, 7) is 5.49. The van der Waals surface area contributed by atoms with Crippen LogP contribution in [0.1, 0.15) is 30.6 Å². The molecule has 0 heterocycles. The van der Waals surface area contributed by atoms with Crippen molar-refractivity contribution in [3.05, 3.63) is 29.8 Å². The molecule has 0 aliphatic heterocycles. The van der Waals surface area contributed by atoms with Crippen molar-refractivity contribution in [3.63, 3.8) is 0 Å². The van der Waals surface area contributed by atoms with Crippen molar-refractivity contribution in [1.29, 1.82) is 0 Å². The van der Waals surface area contributed by atoms with E-state index in [0.29, 0.717) is 12.1 Å². The maximum atomic E-state index is 11.8. The molecule has 1 atom stereocenters. The summed E-state index contributed by atoms with van der Waals surface area (Å²) < 4.78 is 0. The van der Waals surface area contributed by atoms with Crippen LogP contribution in [-0.4, -0.2) is 32.1 Å². The highest BCUT2D eigenvalue weighted by Gasteiger charge is 2.08. The van der Waals surface area contributed by atoms with Crippen molar-refractivity contribution in [2.45, 2.75) is 26.3 Å². The van der Waals surface area contributed by atoms with Gasteiger partial charge in [0.05, 0.1) is 0 Å². The van der Waals surface area contributed by atoms with Crippen LogP contribution in [0, 0.1) is 0 Å². The molecule has 0 aromatic heterocycles. The highest BCUT2D eigenvalue weighted by Crippen LogP contribution is 2.14. The van der Waals surface area contributed by atoms with E-state index in [9.17, 15) is 4.79 Å². The quantitative estimate of drug-likeness (QED) is 0.846. The van der Waals surface area contributed by atoms with Gasteiger partial charge in [-0.25, -0.2) is 0 Å². The second-order valence-corrected chi connectivity index (χ2v) is 4.58. The molecular formula is C14H25Cl2N3O. The zero-order valence-electron chi connectivity index (χ0n) is 12.3. The molecular weight excluding hydrogens is 297 g/mol. The zero-order chi connectivity index (χ0) is 13.5. The Morgan fingerprint density at radius 1 is 1.30 bits per heavy atom. The van der Waals surface area contributed by atoms with E-state index >= 15 is 0 Å². The third-order valence-electron chi connectivity index (χ3n) is 2.86.